The van der Waals surface area contributed by atoms with Crippen LogP contribution in [0.5, 0.6) is 0 Å². The highest BCUT2D eigenvalue weighted by molar-refractivity contribution is 5.33. The largest absolute Gasteiger partial charge is 0.296 e. The lowest BCUT2D eigenvalue weighted by Gasteiger charge is -2.49. The summed E-state index contributed by atoms with van der Waals surface area (Å²) >= 11 is 0. The van der Waals surface area contributed by atoms with E-state index in [-0.39, 0.29) is 5.54 Å². The zero-order chi connectivity index (χ0) is 18.7. The summed E-state index contributed by atoms with van der Waals surface area (Å²) in [6.45, 7) is 15.9. The summed E-state index contributed by atoms with van der Waals surface area (Å²) in [5, 5.41) is 0. The quantitative estimate of drug-likeness (QED) is 0.784. The topological polar surface area (TPSA) is 19.4 Å². The fourth-order valence-corrected chi connectivity index (χ4v) is 4.14. The molecule has 0 radical (unpaired) electrons. The number of rotatable bonds is 4. The van der Waals surface area contributed by atoms with Gasteiger partial charge in [0.15, 0.2) is 0 Å². The molecule has 0 amide bonds. The highest BCUT2D eigenvalue weighted by Gasteiger charge is 2.35. The Kier molecular flexibility index (Phi) is 5.79. The summed E-state index contributed by atoms with van der Waals surface area (Å²) in [7, 11) is 0. The van der Waals surface area contributed by atoms with Gasteiger partial charge in [-0.05, 0) is 55.5 Å². The van der Waals surface area contributed by atoms with Crippen molar-refractivity contribution in [3.8, 4) is 0 Å². The number of hydrogen-bond acceptors (Lipinski definition) is 3. The van der Waals surface area contributed by atoms with Crippen LogP contribution in [0.2, 0.25) is 0 Å². The molecule has 3 heteroatoms. The van der Waals surface area contributed by atoms with Gasteiger partial charge in [-0.2, -0.15) is 0 Å². The van der Waals surface area contributed by atoms with Crippen molar-refractivity contribution in [2.75, 3.05) is 19.6 Å². The molecule has 1 aliphatic rings. The number of benzene rings is 1. The summed E-state index contributed by atoms with van der Waals surface area (Å²) in [5.74, 6) is 0.545. The van der Waals surface area contributed by atoms with E-state index < -0.39 is 0 Å². The van der Waals surface area contributed by atoms with E-state index in [1.165, 1.54) is 16.7 Å². The molecule has 0 spiro atoms. The van der Waals surface area contributed by atoms with Crippen molar-refractivity contribution in [1.82, 2.24) is 14.8 Å². The molecule has 3 nitrogen and oxygen atoms in total. The van der Waals surface area contributed by atoms with Gasteiger partial charge in [0, 0.05) is 50.2 Å². The minimum Gasteiger partial charge on any atom is -0.296 e. The first kappa shape index (κ1) is 19.1. The maximum absolute atomic E-state index is 4.15. The van der Waals surface area contributed by atoms with Gasteiger partial charge in [-0.1, -0.05) is 38.1 Å². The molecular weight excluding hydrogens is 318 g/mol. The third-order valence-corrected chi connectivity index (χ3v) is 5.46. The van der Waals surface area contributed by atoms with Gasteiger partial charge in [0.25, 0.3) is 0 Å². The molecule has 2 heterocycles. The van der Waals surface area contributed by atoms with E-state index in [9.17, 15) is 0 Å². The van der Waals surface area contributed by atoms with Crippen LogP contribution in [0.25, 0.3) is 0 Å². The fourth-order valence-electron chi connectivity index (χ4n) is 4.14. The van der Waals surface area contributed by atoms with E-state index in [0.29, 0.717) is 12.0 Å². The lowest BCUT2D eigenvalue weighted by molar-refractivity contribution is 0.00554. The first-order valence-electron chi connectivity index (χ1n) is 9.83. The second-order valence-corrected chi connectivity index (χ2v) is 8.75. The fraction of sp³-hybridized carbons (Fsp3) is 0.522. The zero-order valence-corrected chi connectivity index (χ0v) is 16.9. The molecule has 1 atom stereocenters. The molecule has 1 saturated heterocycles. The number of pyridine rings is 1. The SMILES string of the molecule is CC(C)c1ccccc1C1CN(Cc2ccncc2)CCN1C(C)(C)C. The summed E-state index contributed by atoms with van der Waals surface area (Å²) in [6.07, 6.45) is 3.79. The summed E-state index contributed by atoms with van der Waals surface area (Å²) in [4.78, 5) is 9.44. The molecule has 0 aliphatic carbocycles. The third-order valence-electron chi connectivity index (χ3n) is 5.46. The van der Waals surface area contributed by atoms with Crippen molar-refractivity contribution in [3.05, 3.63) is 65.5 Å². The van der Waals surface area contributed by atoms with E-state index in [1.54, 1.807) is 0 Å². The molecule has 0 bridgehead atoms. The Hall–Kier alpha value is -1.71. The van der Waals surface area contributed by atoms with Crippen LogP contribution in [0.4, 0.5) is 0 Å². The molecule has 26 heavy (non-hydrogen) atoms. The van der Waals surface area contributed by atoms with Gasteiger partial charge in [-0.15, -0.1) is 0 Å². The first-order valence-corrected chi connectivity index (χ1v) is 9.83. The van der Waals surface area contributed by atoms with E-state index in [1.807, 2.05) is 12.4 Å². The highest BCUT2D eigenvalue weighted by Crippen LogP contribution is 2.35. The minimum absolute atomic E-state index is 0.164. The first-order chi connectivity index (χ1) is 12.4. The third kappa shape index (κ3) is 4.33. The number of nitrogens with zero attached hydrogens (tertiary/aromatic N) is 3. The Morgan fingerprint density at radius 3 is 2.38 bits per heavy atom. The average Bonchev–Trinajstić information content (AvgIpc) is 2.61. The molecule has 1 aliphatic heterocycles. The predicted octanol–water partition coefficient (Wildman–Crippen LogP) is 4.86. The minimum atomic E-state index is 0.164. The number of piperazine rings is 1. The molecule has 1 aromatic carbocycles. The van der Waals surface area contributed by atoms with Gasteiger partial charge in [-0.25, -0.2) is 0 Å². The zero-order valence-electron chi connectivity index (χ0n) is 16.9. The maximum atomic E-state index is 4.15. The lowest BCUT2D eigenvalue weighted by atomic mass is 9.88. The normalized spacial score (nSPS) is 19.8. The molecular formula is C23H33N3. The van der Waals surface area contributed by atoms with Crippen molar-refractivity contribution in [2.45, 2.75) is 58.7 Å². The van der Waals surface area contributed by atoms with E-state index in [0.717, 1.165) is 26.2 Å². The van der Waals surface area contributed by atoms with Gasteiger partial charge in [0.05, 0.1) is 0 Å². The van der Waals surface area contributed by atoms with Crippen LogP contribution in [0.15, 0.2) is 48.8 Å². The van der Waals surface area contributed by atoms with Crippen LogP contribution in [0.1, 0.15) is 63.3 Å². The van der Waals surface area contributed by atoms with Gasteiger partial charge < -0.3 is 0 Å². The Morgan fingerprint density at radius 1 is 1.04 bits per heavy atom. The van der Waals surface area contributed by atoms with Gasteiger partial charge in [0.2, 0.25) is 0 Å². The summed E-state index contributed by atoms with van der Waals surface area (Å²) < 4.78 is 0. The molecule has 1 aromatic heterocycles. The monoisotopic (exact) mass is 351 g/mol. The second kappa shape index (κ2) is 7.89. The molecule has 1 unspecified atom stereocenters. The Morgan fingerprint density at radius 2 is 1.73 bits per heavy atom. The van der Waals surface area contributed by atoms with Crippen molar-refractivity contribution in [2.24, 2.45) is 0 Å². The van der Waals surface area contributed by atoms with Crippen LogP contribution in [0, 0.1) is 0 Å². The molecule has 0 saturated carbocycles. The van der Waals surface area contributed by atoms with Gasteiger partial charge in [0.1, 0.15) is 0 Å². The molecule has 1 fully saturated rings. The Labute approximate surface area is 159 Å². The predicted molar refractivity (Wildman–Crippen MR) is 109 cm³/mol. The smallest absolute Gasteiger partial charge is 0.0483 e. The van der Waals surface area contributed by atoms with Gasteiger partial charge >= 0.3 is 0 Å². The van der Waals surface area contributed by atoms with E-state index >= 15 is 0 Å². The van der Waals surface area contributed by atoms with E-state index in [4.69, 9.17) is 0 Å². The van der Waals surface area contributed by atoms with Crippen molar-refractivity contribution in [3.63, 3.8) is 0 Å². The number of hydrogen-bond donors (Lipinski definition) is 0. The van der Waals surface area contributed by atoms with Crippen LogP contribution in [0.3, 0.4) is 0 Å². The van der Waals surface area contributed by atoms with E-state index in [2.05, 4.69) is 85.8 Å². The van der Waals surface area contributed by atoms with Crippen molar-refractivity contribution in [1.29, 1.82) is 0 Å². The molecule has 0 N–H and O–H groups in total. The second-order valence-electron chi connectivity index (χ2n) is 8.75. The standard InChI is InChI=1S/C23H33N3/c1-18(2)20-8-6-7-9-21(20)22-17-25(14-15-26(22)23(3,4)5)16-19-10-12-24-13-11-19/h6-13,18,22H,14-17H2,1-5H3. The van der Waals surface area contributed by atoms with Crippen LogP contribution in [-0.2, 0) is 6.54 Å². The molecule has 3 rings (SSSR count). The van der Waals surface area contributed by atoms with Crippen LogP contribution < -0.4 is 0 Å². The van der Waals surface area contributed by atoms with Crippen LogP contribution >= 0.6 is 0 Å². The van der Waals surface area contributed by atoms with Crippen LogP contribution in [-0.4, -0.2) is 40.0 Å². The highest BCUT2D eigenvalue weighted by atomic mass is 15.3. The Bertz CT molecular complexity index is 703. The molecule has 140 valence electrons. The maximum Gasteiger partial charge on any atom is 0.0483 e. The lowest BCUT2D eigenvalue weighted by Crippen LogP contribution is -2.55. The molecule has 2 aromatic rings. The van der Waals surface area contributed by atoms with Crippen molar-refractivity contribution >= 4 is 0 Å². The summed E-state index contributed by atoms with van der Waals surface area (Å²) in [5.41, 5.74) is 4.49. The number of aromatic nitrogens is 1. The average molecular weight is 352 g/mol. The van der Waals surface area contributed by atoms with Crippen molar-refractivity contribution < 1.29 is 0 Å². The van der Waals surface area contributed by atoms with Gasteiger partial charge in [-0.3, -0.25) is 14.8 Å². The Balaban J connectivity index is 1.89. The summed E-state index contributed by atoms with van der Waals surface area (Å²) in [6, 6.07) is 13.7.